The zero-order valence-electron chi connectivity index (χ0n) is 17.9. The van der Waals surface area contributed by atoms with Crippen molar-refractivity contribution in [3.63, 3.8) is 0 Å². The first-order chi connectivity index (χ1) is 12.3. The lowest BCUT2D eigenvalue weighted by atomic mass is 9.94. The van der Waals surface area contributed by atoms with Crippen LogP contribution >= 0.6 is 7.52 Å². The number of carboxylic acid groups (broad SMARTS) is 1. The van der Waals surface area contributed by atoms with Crippen LogP contribution in [0.15, 0.2) is 18.2 Å². The molecule has 1 aromatic rings. The van der Waals surface area contributed by atoms with E-state index in [0.29, 0.717) is 5.75 Å². The van der Waals surface area contributed by atoms with Crippen LogP contribution in [0.2, 0.25) is 0 Å². The first kappa shape index (κ1) is 23.7. The second-order valence-corrected chi connectivity index (χ2v) is 10.2. The number of rotatable bonds is 10. The van der Waals surface area contributed by atoms with Crippen molar-refractivity contribution in [3.8, 4) is 5.75 Å². The summed E-state index contributed by atoms with van der Waals surface area (Å²) < 4.78 is 20.0. The highest BCUT2D eigenvalue weighted by molar-refractivity contribution is 7.57. The number of para-hydroxylation sites is 1. The standard InChI is InChI=1S/C20H35N2O4P/c1-9-20(6,19(23)24)21-27(25,13-22(7)8)26-18-16(14(2)3)11-10-12-17(18)15(4)5/h10-12,14-15H,9,13H2,1-8H3,(H,21,25)(H,23,24). The number of nitrogens with zero attached hydrogens (tertiary/aromatic N) is 1. The van der Waals surface area contributed by atoms with Crippen LogP contribution in [0, 0.1) is 0 Å². The van der Waals surface area contributed by atoms with Gasteiger partial charge in [-0.1, -0.05) is 52.8 Å². The summed E-state index contributed by atoms with van der Waals surface area (Å²) in [5.41, 5.74) is 0.599. The molecule has 0 amide bonds. The van der Waals surface area contributed by atoms with Crippen molar-refractivity contribution in [2.45, 2.75) is 65.3 Å². The molecule has 1 rings (SSSR count). The molecule has 0 aliphatic rings. The van der Waals surface area contributed by atoms with E-state index in [1.54, 1.807) is 32.8 Å². The zero-order chi connectivity index (χ0) is 21.0. The van der Waals surface area contributed by atoms with Crippen molar-refractivity contribution < 1.29 is 19.0 Å². The van der Waals surface area contributed by atoms with Gasteiger partial charge in [0.2, 0.25) is 0 Å². The fourth-order valence-electron chi connectivity index (χ4n) is 2.85. The van der Waals surface area contributed by atoms with Crippen molar-refractivity contribution in [2.75, 3.05) is 20.4 Å². The predicted octanol–water partition coefficient (Wildman–Crippen LogP) is 4.87. The Bertz CT molecular complexity index is 677. The Hall–Kier alpha value is -1.36. The van der Waals surface area contributed by atoms with E-state index in [0.717, 1.165) is 11.1 Å². The predicted molar refractivity (Wildman–Crippen MR) is 111 cm³/mol. The maximum Gasteiger partial charge on any atom is 0.331 e. The number of carboxylic acids is 1. The Labute approximate surface area is 163 Å². The fraction of sp³-hybridized carbons (Fsp3) is 0.650. The summed E-state index contributed by atoms with van der Waals surface area (Å²) >= 11 is 0. The number of nitrogens with one attached hydrogen (secondary N) is 1. The molecule has 0 bridgehead atoms. The second kappa shape index (κ2) is 9.22. The third kappa shape index (κ3) is 6.06. The molecule has 2 atom stereocenters. The molecule has 6 nitrogen and oxygen atoms in total. The summed E-state index contributed by atoms with van der Waals surface area (Å²) in [4.78, 5) is 13.5. The summed E-state index contributed by atoms with van der Waals surface area (Å²) in [6.07, 6.45) is 0.381. The van der Waals surface area contributed by atoms with Crippen molar-refractivity contribution in [3.05, 3.63) is 29.3 Å². The molecule has 0 aromatic heterocycles. The minimum atomic E-state index is -3.53. The number of aliphatic carboxylic acids is 1. The molecule has 2 N–H and O–H groups in total. The lowest BCUT2D eigenvalue weighted by Gasteiger charge is -2.33. The van der Waals surface area contributed by atoms with Crippen LogP contribution in [-0.2, 0) is 9.36 Å². The van der Waals surface area contributed by atoms with Crippen LogP contribution in [-0.4, -0.2) is 41.9 Å². The number of benzene rings is 1. The van der Waals surface area contributed by atoms with Gasteiger partial charge in [0.15, 0.2) is 0 Å². The van der Waals surface area contributed by atoms with Gasteiger partial charge in [-0.15, -0.1) is 0 Å². The summed E-state index contributed by atoms with van der Waals surface area (Å²) in [6, 6.07) is 5.93. The molecule has 2 unspecified atom stereocenters. The molecule has 0 aliphatic carbocycles. The van der Waals surface area contributed by atoms with E-state index < -0.39 is 19.0 Å². The Kier molecular flexibility index (Phi) is 8.09. The summed E-state index contributed by atoms with van der Waals surface area (Å²) in [7, 11) is 0.0548. The Balaban J connectivity index is 3.48. The third-order valence-corrected chi connectivity index (χ3v) is 6.87. The Morgan fingerprint density at radius 2 is 1.70 bits per heavy atom. The van der Waals surface area contributed by atoms with Crippen LogP contribution < -0.4 is 9.61 Å². The molecule has 7 heteroatoms. The number of hydrogen-bond donors (Lipinski definition) is 2. The molecule has 27 heavy (non-hydrogen) atoms. The van der Waals surface area contributed by atoms with E-state index in [2.05, 4.69) is 32.8 Å². The fourth-order valence-corrected chi connectivity index (χ4v) is 5.28. The molecule has 1 aromatic carbocycles. The molecule has 0 spiro atoms. The first-order valence-electron chi connectivity index (χ1n) is 9.44. The third-order valence-electron chi connectivity index (χ3n) is 4.62. The van der Waals surface area contributed by atoms with Crippen LogP contribution in [0.3, 0.4) is 0 Å². The van der Waals surface area contributed by atoms with Crippen molar-refractivity contribution in [1.82, 2.24) is 9.99 Å². The van der Waals surface area contributed by atoms with Crippen LogP contribution in [0.25, 0.3) is 0 Å². The number of hydrogen-bond acceptors (Lipinski definition) is 4. The van der Waals surface area contributed by atoms with Crippen LogP contribution in [0.5, 0.6) is 5.75 Å². The second-order valence-electron chi connectivity index (χ2n) is 8.16. The van der Waals surface area contributed by atoms with Gasteiger partial charge in [-0.05, 0) is 50.4 Å². The number of carbonyl (C=O) groups is 1. The minimum absolute atomic E-state index is 0.0971. The normalized spacial score (nSPS) is 16.4. The van der Waals surface area contributed by atoms with E-state index in [9.17, 15) is 14.5 Å². The highest BCUT2D eigenvalue weighted by Crippen LogP contribution is 2.49. The van der Waals surface area contributed by atoms with E-state index in [1.807, 2.05) is 18.2 Å². The van der Waals surface area contributed by atoms with Gasteiger partial charge in [-0.3, -0.25) is 14.3 Å². The maximum absolute atomic E-state index is 13.8. The lowest BCUT2D eigenvalue weighted by Crippen LogP contribution is -2.48. The smallest absolute Gasteiger partial charge is 0.331 e. The van der Waals surface area contributed by atoms with Crippen LogP contribution in [0.4, 0.5) is 0 Å². The molecule has 0 aliphatic heterocycles. The quantitative estimate of drug-likeness (QED) is 0.548. The molecular formula is C20H35N2O4P. The minimum Gasteiger partial charge on any atom is -0.480 e. The van der Waals surface area contributed by atoms with Crippen molar-refractivity contribution in [2.24, 2.45) is 0 Å². The van der Waals surface area contributed by atoms with Gasteiger partial charge in [0, 0.05) is 0 Å². The summed E-state index contributed by atoms with van der Waals surface area (Å²) in [6.45, 7) is 11.5. The van der Waals surface area contributed by atoms with E-state index in [4.69, 9.17) is 4.52 Å². The van der Waals surface area contributed by atoms with Gasteiger partial charge in [-0.2, -0.15) is 0 Å². The van der Waals surface area contributed by atoms with Gasteiger partial charge in [0.05, 0.1) is 0 Å². The van der Waals surface area contributed by atoms with Gasteiger partial charge in [0.25, 0.3) is 0 Å². The largest absolute Gasteiger partial charge is 0.480 e. The molecule has 0 heterocycles. The monoisotopic (exact) mass is 398 g/mol. The lowest BCUT2D eigenvalue weighted by molar-refractivity contribution is -0.143. The van der Waals surface area contributed by atoms with Crippen molar-refractivity contribution >= 4 is 13.5 Å². The molecule has 0 saturated heterocycles. The van der Waals surface area contributed by atoms with Gasteiger partial charge < -0.3 is 9.63 Å². The van der Waals surface area contributed by atoms with Crippen LogP contribution in [0.1, 0.15) is 70.9 Å². The van der Waals surface area contributed by atoms with E-state index >= 15 is 0 Å². The topological polar surface area (TPSA) is 78.9 Å². The highest BCUT2D eigenvalue weighted by Gasteiger charge is 2.41. The summed E-state index contributed by atoms with van der Waals surface area (Å²) in [5, 5.41) is 12.5. The van der Waals surface area contributed by atoms with E-state index in [-0.39, 0.29) is 24.5 Å². The van der Waals surface area contributed by atoms with Crippen molar-refractivity contribution in [1.29, 1.82) is 0 Å². The molecular weight excluding hydrogens is 363 g/mol. The van der Waals surface area contributed by atoms with E-state index in [1.165, 1.54) is 0 Å². The molecule has 0 radical (unpaired) electrons. The van der Waals surface area contributed by atoms with Gasteiger partial charge in [0.1, 0.15) is 17.6 Å². The Morgan fingerprint density at radius 1 is 1.22 bits per heavy atom. The average Bonchev–Trinajstić information content (AvgIpc) is 2.52. The van der Waals surface area contributed by atoms with Gasteiger partial charge in [-0.25, -0.2) is 5.09 Å². The first-order valence-corrected chi connectivity index (χ1v) is 11.2. The average molecular weight is 398 g/mol. The summed E-state index contributed by atoms with van der Waals surface area (Å²) in [5.74, 6) is -0.0788. The SMILES string of the molecule is CCC(C)(NP(=O)(CN(C)C)Oc1c(C(C)C)cccc1C(C)C)C(=O)O. The molecule has 0 saturated carbocycles. The highest BCUT2D eigenvalue weighted by atomic mass is 31.2. The maximum atomic E-state index is 13.8. The zero-order valence-corrected chi connectivity index (χ0v) is 18.8. The molecule has 154 valence electrons. The Morgan fingerprint density at radius 3 is 2.04 bits per heavy atom. The van der Waals surface area contributed by atoms with Gasteiger partial charge >= 0.3 is 13.5 Å². The molecule has 0 fully saturated rings.